The number of anilines is 1. The van der Waals surface area contributed by atoms with Crippen LogP contribution < -0.4 is 16.4 Å². The first kappa shape index (κ1) is 23.0. The van der Waals surface area contributed by atoms with Crippen molar-refractivity contribution in [2.24, 2.45) is 5.73 Å². The Kier molecular flexibility index (Phi) is 7.45. The molecule has 3 aromatic rings. The van der Waals surface area contributed by atoms with Crippen molar-refractivity contribution in [3.05, 3.63) is 80.4 Å². The molecule has 0 bridgehead atoms. The van der Waals surface area contributed by atoms with E-state index in [1.54, 1.807) is 24.3 Å². The molecule has 0 aliphatic carbocycles. The lowest BCUT2D eigenvalue weighted by Crippen LogP contribution is -2.34. The molecule has 1 heterocycles. The normalized spacial score (nSPS) is 10.8. The summed E-state index contributed by atoms with van der Waals surface area (Å²) in [5.41, 5.74) is 6.85. The molecule has 2 amide bonds. The highest BCUT2D eigenvalue weighted by atomic mass is 79.9. The van der Waals surface area contributed by atoms with E-state index in [1.807, 2.05) is 24.3 Å². The van der Waals surface area contributed by atoms with E-state index in [-0.39, 0.29) is 16.5 Å². The highest BCUT2D eigenvalue weighted by Gasteiger charge is 2.18. The van der Waals surface area contributed by atoms with Gasteiger partial charge in [0.1, 0.15) is 11.4 Å². The number of carbonyl (C=O) groups is 2. The Morgan fingerprint density at radius 2 is 1.94 bits per heavy atom. The third-order valence-corrected chi connectivity index (χ3v) is 5.36. The molecule has 0 atom stereocenters. The van der Waals surface area contributed by atoms with Crippen LogP contribution in [0.5, 0.6) is 0 Å². The highest BCUT2D eigenvalue weighted by Crippen LogP contribution is 2.27. The fraction of sp³-hybridized carbons (Fsp3) is 0. The topological polar surface area (TPSA) is 102 Å². The van der Waals surface area contributed by atoms with Crippen LogP contribution in [0.15, 0.2) is 59.2 Å². The van der Waals surface area contributed by atoms with E-state index in [2.05, 4.69) is 31.7 Å². The molecule has 158 valence electrons. The summed E-state index contributed by atoms with van der Waals surface area (Å²) in [5.74, 6) is -1.01. The number of nitrogens with zero attached hydrogens (tertiary/aromatic N) is 2. The Bertz CT molecular complexity index is 1210. The van der Waals surface area contributed by atoms with Crippen molar-refractivity contribution in [3.63, 3.8) is 0 Å². The number of amides is 2. The molecule has 0 fully saturated rings. The van der Waals surface area contributed by atoms with Gasteiger partial charge in [0, 0.05) is 10.5 Å². The summed E-state index contributed by atoms with van der Waals surface area (Å²) < 4.78 is 2.26. The third-order valence-electron chi connectivity index (χ3n) is 3.93. The van der Waals surface area contributed by atoms with Crippen LogP contribution in [0.2, 0.25) is 10.0 Å². The molecule has 0 saturated heterocycles. The number of primary amides is 1. The van der Waals surface area contributed by atoms with E-state index < -0.39 is 11.8 Å². The SMILES string of the molecule is NC(=O)c1cnn(-c2ccc(Cl)c(Cl)c2)c1NC(=S)NC(=O)/C=C\c1cccc(Br)c1. The number of carbonyl (C=O) groups excluding carboxylic acids is 2. The monoisotopic (exact) mass is 537 g/mol. The number of benzene rings is 2. The summed E-state index contributed by atoms with van der Waals surface area (Å²) in [6, 6.07) is 12.2. The zero-order chi connectivity index (χ0) is 22.5. The molecule has 0 aliphatic heterocycles. The van der Waals surface area contributed by atoms with Crippen molar-refractivity contribution in [2.75, 3.05) is 5.32 Å². The molecule has 4 N–H and O–H groups in total. The van der Waals surface area contributed by atoms with Crippen molar-refractivity contribution >= 4 is 80.2 Å². The molecule has 11 heteroatoms. The predicted molar refractivity (Wildman–Crippen MR) is 130 cm³/mol. The minimum Gasteiger partial charge on any atom is -0.365 e. The number of nitrogens with one attached hydrogen (secondary N) is 2. The van der Waals surface area contributed by atoms with Crippen LogP contribution in [0.3, 0.4) is 0 Å². The average Bonchev–Trinajstić information content (AvgIpc) is 3.12. The van der Waals surface area contributed by atoms with Crippen LogP contribution >= 0.6 is 51.3 Å². The van der Waals surface area contributed by atoms with E-state index in [1.165, 1.54) is 17.0 Å². The van der Waals surface area contributed by atoms with Crippen LogP contribution in [0.4, 0.5) is 5.82 Å². The van der Waals surface area contributed by atoms with Gasteiger partial charge in [-0.1, -0.05) is 51.3 Å². The van der Waals surface area contributed by atoms with E-state index in [0.29, 0.717) is 15.7 Å². The lowest BCUT2D eigenvalue weighted by molar-refractivity contribution is -0.115. The molecule has 1 aromatic heterocycles. The van der Waals surface area contributed by atoms with Gasteiger partial charge in [0.25, 0.3) is 5.91 Å². The van der Waals surface area contributed by atoms with E-state index in [9.17, 15) is 9.59 Å². The van der Waals surface area contributed by atoms with Gasteiger partial charge in [-0.15, -0.1) is 0 Å². The Hall–Kier alpha value is -2.72. The fourth-order valence-electron chi connectivity index (χ4n) is 2.54. The first-order valence-electron chi connectivity index (χ1n) is 8.63. The summed E-state index contributed by atoms with van der Waals surface area (Å²) in [6.45, 7) is 0. The summed E-state index contributed by atoms with van der Waals surface area (Å²) in [7, 11) is 0. The first-order valence-corrected chi connectivity index (χ1v) is 10.6. The zero-order valence-electron chi connectivity index (χ0n) is 15.6. The summed E-state index contributed by atoms with van der Waals surface area (Å²) >= 11 is 20.6. The van der Waals surface area contributed by atoms with Crippen molar-refractivity contribution < 1.29 is 9.59 Å². The number of rotatable bonds is 5. The van der Waals surface area contributed by atoms with Gasteiger partial charge >= 0.3 is 0 Å². The Labute approximate surface area is 201 Å². The quantitative estimate of drug-likeness (QED) is 0.326. The van der Waals surface area contributed by atoms with Gasteiger partial charge in [-0.05, 0) is 54.2 Å². The fourth-order valence-corrected chi connectivity index (χ4v) is 3.44. The van der Waals surface area contributed by atoms with Crippen LogP contribution in [0.1, 0.15) is 15.9 Å². The van der Waals surface area contributed by atoms with Gasteiger partial charge in [-0.2, -0.15) is 5.10 Å². The van der Waals surface area contributed by atoms with Crippen molar-refractivity contribution in [2.45, 2.75) is 0 Å². The second-order valence-electron chi connectivity index (χ2n) is 6.11. The lowest BCUT2D eigenvalue weighted by atomic mass is 10.2. The Balaban J connectivity index is 1.78. The zero-order valence-corrected chi connectivity index (χ0v) is 19.5. The molecule has 0 aliphatic rings. The second-order valence-corrected chi connectivity index (χ2v) is 8.25. The smallest absolute Gasteiger partial charge is 0.254 e. The molecule has 0 spiro atoms. The van der Waals surface area contributed by atoms with Gasteiger partial charge in [0.15, 0.2) is 5.11 Å². The van der Waals surface area contributed by atoms with Gasteiger partial charge in [-0.25, -0.2) is 4.68 Å². The number of halogens is 3. The van der Waals surface area contributed by atoms with Crippen LogP contribution in [0, 0.1) is 0 Å². The predicted octanol–water partition coefficient (Wildman–Crippen LogP) is 4.57. The Morgan fingerprint density at radius 1 is 1.16 bits per heavy atom. The number of hydrogen-bond acceptors (Lipinski definition) is 4. The molecule has 0 saturated carbocycles. The third kappa shape index (κ3) is 5.92. The maximum Gasteiger partial charge on any atom is 0.254 e. The minimum absolute atomic E-state index is 0.0480. The van der Waals surface area contributed by atoms with Crippen molar-refractivity contribution in [3.8, 4) is 5.69 Å². The number of nitrogens with two attached hydrogens (primary N) is 1. The maximum atomic E-state index is 12.2. The lowest BCUT2D eigenvalue weighted by Gasteiger charge is -2.13. The number of aromatic nitrogens is 2. The summed E-state index contributed by atoms with van der Waals surface area (Å²) in [6.07, 6.45) is 4.25. The molecular formula is C20H14BrCl2N5O2S. The molecule has 0 unspecified atom stereocenters. The summed E-state index contributed by atoms with van der Waals surface area (Å²) in [4.78, 5) is 24.0. The first-order chi connectivity index (χ1) is 14.7. The van der Waals surface area contributed by atoms with Gasteiger partial charge < -0.3 is 11.1 Å². The largest absolute Gasteiger partial charge is 0.365 e. The molecule has 2 aromatic carbocycles. The molecular weight excluding hydrogens is 525 g/mol. The summed E-state index contributed by atoms with van der Waals surface area (Å²) in [5, 5.41) is 10.1. The second kappa shape index (κ2) is 10.1. The van der Waals surface area contributed by atoms with Gasteiger partial charge in [0.05, 0.1) is 21.9 Å². The van der Waals surface area contributed by atoms with Crippen LogP contribution in [-0.2, 0) is 4.79 Å². The van der Waals surface area contributed by atoms with Gasteiger partial charge in [-0.3, -0.25) is 14.9 Å². The molecule has 0 radical (unpaired) electrons. The Morgan fingerprint density at radius 3 is 2.61 bits per heavy atom. The van der Waals surface area contributed by atoms with Crippen LogP contribution in [0.25, 0.3) is 11.8 Å². The van der Waals surface area contributed by atoms with Crippen molar-refractivity contribution in [1.82, 2.24) is 15.1 Å². The van der Waals surface area contributed by atoms with E-state index in [0.717, 1.165) is 10.0 Å². The average molecular weight is 539 g/mol. The number of thiocarbonyl (C=S) groups is 1. The van der Waals surface area contributed by atoms with Crippen molar-refractivity contribution in [1.29, 1.82) is 0 Å². The van der Waals surface area contributed by atoms with Gasteiger partial charge in [0.2, 0.25) is 5.91 Å². The molecule has 31 heavy (non-hydrogen) atoms. The molecule has 7 nitrogen and oxygen atoms in total. The minimum atomic E-state index is -0.725. The van der Waals surface area contributed by atoms with E-state index in [4.69, 9.17) is 41.2 Å². The maximum absolute atomic E-state index is 12.2. The van der Waals surface area contributed by atoms with Crippen LogP contribution in [-0.4, -0.2) is 26.7 Å². The van der Waals surface area contributed by atoms with E-state index >= 15 is 0 Å². The number of hydrogen-bond donors (Lipinski definition) is 3. The molecule has 3 rings (SSSR count). The highest BCUT2D eigenvalue weighted by molar-refractivity contribution is 9.10. The standard InChI is InChI=1S/C20H14BrCl2N5O2S/c21-12-3-1-2-11(8-12)4-7-17(29)26-20(31)27-19-14(18(24)30)10-25-28(19)13-5-6-15(22)16(23)9-13/h1-10H,(H2,24,30)(H2,26,27,29,31)/b7-4-.